The van der Waals surface area contributed by atoms with Gasteiger partial charge in [0.05, 0.1) is 5.60 Å². The third kappa shape index (κ3) is 4.19. The lowest BCUT2D eigenvalue weighted by Crippen LogP contribution is -2.82. The molecule has 3 aromatic rings. The van der Waals surface area contributed by atoms with Crippen molar-refractivity contribution in [1.82, 2.24) is 4.90 Å². The molecule has 242 valence electrons. The molecule has 2 aliphatic heterocycles. The van der Waals surface area contributed by atoms with Gasteiger partial charge < -0.3 is 30.3 Å². The van der Waals surface area contributed by atoms with E-state index in [9.17, 15) is 10.2 Å². The van der Waals surface area contributed by atoms with Gasteiger partial charge in [-0.25, -0.2) is 0 Å². The van der Waals surface area contributed by atoms with Gasteiger partial charge in [0.1, 0.15) is 11.7 Å². The Labute approximate surface area is 271 Å². The number of aliphatic imine (C=N–C) groups is 1. The third-order valence-corrected chi connectivity index (χ3v) is 12.3. The largest absolute Gasteiger partial charge is 0.504 e. The van der Waals surface area contributed by atoms with Crippen LogP contribution in [0, 0.1) is 11.3 Å². The van der Waals surface area contributed by atoms with Gasteiger partial charge in [0, 0.05) is 59.9 Å². The molecule has 8 nitrogen and oxygen atoms in total. The topological polar surface area (TPSA) is 98.6 Å². The second-order valence-corrected chi connectivity index (χ2v) is 14.7. The second-order valence-electron chi connectivity index (χ2n) is 14.7. The Hall–Kier alpha value is -3.59. The van der Waals surface area contributed by atoms with E-state index in [4.69, 9.17) is 14.5 Å². The predicted octanol–water partition coefficient (Wildman–Crippen LogP) is 5.95. The molecule has 6 atom stereocenters. The number of nitrogens with zero attached hydrogens (tertiary/aromatic N) is 2. The summed E-state index contributed by atoms with van der Waals surface area (Å²) in [5.41, 5.74) is 2.70. The molecule has 9 rings (SSSR count). The van der Waals surface area contributed by atoms with Crippen molar-refractivity contribution in [2.75, 3.05) is 37.4 Å². The minimum atomic E-state index is -0.923. The number of fused-ring (bicyclic) bond motifs is 2. The molecule has 4 aliphatic carbocycles. The average molecular weight is 623 g/mol. The van der Waals surface area contributed by atoms with E-state index in [-0.39, 0.29) is 28.6 Å². The number of guanidine groups is 1. The van der Waals surface area contributed by atoms with Gasteiger partial charge in [-0.15, -0.1) is 0 Å². The first kappa shape index (κ1) is 29.8. The van der Waals surface area contributed by atoms with Crippen LogP contribution in [0.15, 0.2) is 77.8 Å². The van der Waals surface area contributed by atoms with Crippen LogP contribution in [0.5, 0.6) is 11.5 Å². The smallest absolute Gasteiger partial charge is 0.200 e. The van der Waals surface area contributed by atoms with Crippen molar-refractivity contribution in [1.29, 1.82) is 0 Å². The molecule has 2 spiro atoms. The zero-order valence-corrected chi connectivity index (χ0v) is 27.1. The van der Waals surface area contributed by atoms with Crippen LogP contribution < -0.4 is 15.4 Å². The maximum absolute atomic E-state index is 11.6. The fraction of sp³-hybridized carbons (Fsp3) is 0.500. The number of phenolic OH excluding ortho intramolecular Hbond substituents is 1. The van der Waals surface area contributed by atoms with Gasteiger partial charge in [-0.3, -0.25) is 9.89 Å². The minimum Gasteiger partial charge on any atom is -0.504 e. The number of aliphatic hydroxyl groups is 1. The number of anilines is 2. The number of likely N-dealkylation sites (tertiary alicyclic amines) is 1. The molecular formula is C38H46N4O4. The maximum Gasteiger partial charge on any atom is 0.200 e. The molecule has 8 heteroatoms. The SMILES string of the molecule is CO[C@]12CCC3(C[C@@H]1C(C)(C)O)[C@H]1Cc4ccc(O)c5c4[C@@]3(CCN1CCCN=C(Nc1ccccc1)Nc1ccccc1)[C@H]2O5. The zero-order chi connectivity index (χ0) is 31.7. The van der Waals surface area contributed by atoms with Crippen molar-refractivity contribution < 1.29 is 19.7 Å². The van der Waals surface area contributed by atoms with Crippen LogP contribution in [-0.4, -0.2) is 71.2 Å². The lowest BCUT2D eigenvalue weighted by molar-refractivity contribution is -0.300. The van der Waals surface area contributed by atoms with E-state index >= 15 is 0 Å². The van der Waals surface area contributed by atoms with Crippen LogP contribution >= 0.6 is 0 Å². The average Bonchev–Trinajstić information content (AvgIpc) is 3.43. The number of phenols is 1. The fourth-order valence-electron chi connectivity index (χ4n) is 10.5. The Morgan fingerprint density at radius 1 is 1.00 bits per heavy atom. The van der Waals surface area contributed by atoms with Gasteiger partial charge in [0.2, 0.25) is 0 Å². The van der Waals surface area contributed by atoms with E-state index in [0.29, 0.717) is 18.3 Å². The van der Waals surface area contributed by atoms with Crippen LogP contribution in [0.2, 0.25) is 0 Å². The van der Waals surface area contributed by atoms with E-state index in [0.717, 1.165) is 68.9 Å². The first-order valence-corrected chi connectivity index (χ1v) is 16.9. The Kier molecular flexibility index (Phi) is 6.94. The molecule has 4 N–H and O–H groups in total. The summed E-state index contributed by atoms with van der Waals surface area (Å²) in [6, 6.07) is 24.6. The molecule has 46 heavy (non-hydrogen) atoms. The van der Waals surface area contributed by atoms with Crippen molar-refractivity contribution in [2.24, 2.45) is 16.3 Å². The van der Waals surface area contributed by atoms with Crippen molar-refractivity contribution in [3.05, 3.63) is 83.9 Å². The monoisotopic (exact) mass is 622 g/mol. The number of rotatable bonds is 8. The lowest BCUT2D eigenvalue weighted by atomic mass is 9.34. The first-order chi connectivity index (χ1) is 22.2. The normalized spacial score (nSPS) is 32.0. The highest BCUT2D eigenvalue weighted by atomic mass is 16.6. The second kappa shape index (κ2) is 10.7. The van der Waals surface area contributed by atoms with Gasteiger partial charge in [0.25, 0.3) is 0 Å². The molecule has 1 unspecified atom stereocenters. The van der Waals surface area contributed by atoms with E-state index in [1.165, 1.54) is 11.1 Å². The van der Waals surface area contributed by atoms with E-state index < -0.39 is 11.2 Å². The minimum absolute atomic E-state index is 0.0644. The van der Waals surface area contributed by atoms with Gasteiger partial charge in [-0.2, -0.15) is 0 Å². The Balaban J connectivity index is 1.09. The number of aromatic hydroxyl groups is 1. The lowest BCUT2D eigenvalue weighted by Gasteiger charge is -2.74. The molecule has 0 amide bonds. The Bertz CT molecular complexity index is 1600. The zero-order valence-electron chi connectivity index (χ0n) is 27.1. The number of ether oxygens (including phenoxy) is 2. The molecule has 6 aliphatic rings. The van der Waals surface area contributed by atoms with Gasteiger partial charge in [0.15, 0.2) is 17.5 Å². The highest BCUT2D eigenvalue weighted by Gasteiger charge is 2.81. The number of methoxy groups -OCH3 is 1. The van der Waals surface area contributed by atoms with E-state index in [1.807, 2.05) is 80.6 Å². The molecule has 1 saturated heterocycles. The van der Waals surface area contributed by atoms with Gasteiger partial charge in [-0.1, -0.05) is 42.5 Å². The highest BCUT2D eigenvalue weighted by molar-refractivity contribution is 6.03. The van der Waals surface area contributed by atoms with Crippen molar-refractivity contribution >= 4 is 17.3 Å². The molecule has 4 bridgehead atoms. The molecule has 0 aromatic heterocycles. The summed E-state index contributed by atoms with van der Waals surface area (Å²) in [7, 11) is 1.80. The van der Waals surface area contributed by atoms with Crippen LogP contribution in [0.3, 0.4) is 0 Å². The Morgan fingerprint density at radius 2 is 1.70 bits per heavy atom. The molecule has 4 fully saturated rings. The number of nitrogens with one attached hydrogen (secondary N) is 2. The summed E-state index contributed by atoms with van der Waals surface area (Å²) >= 11 is 0. The van der Waals surface area contributed by atoms with Crippen LogP contribution in [-0.2, 0) is 16.6 Å². The third-order valence-electron chi connectivity index (χ3n) is 12.3. The quantitative estimate of drug-likeness (QED) is 0.140. The van der Waals surface area contributed by atoms with Crippen LogP contribution in [0.25, 0.3) is 0 Å². The summed E-state index contributed by atoms with van der Waals surface area (Å²) in [6.45, 7) is 6.48. The van der Waals surface area contributed by atoms with Gasteiger partial charge >= 0.3 is 0 Å². The van der Waals surface area contributed by atoms with E-state index in [1.54, 1.807) is 7.11 Å². The van der Waals surface area contributed by atoms with Gasteiger partial charge in [-0.05, 0) is 94.8 Å². The number of para-hydroxylation sites is 2. The number of hydrogen-bond acceptors (Lipinski definition) is 6. The molecular weight excluding hydrogens is 576 g/mol. The fourth-order valence-corrected chi connectivity index (χ4v) is 10.5. The summed E-state index contributed by atoms with van der Waals surface area (Å²) in [4.78, 5) is 7.72. The van der Waals surface area contributed by atoms with Crippen molar-refractivity contribution in [2.45, 2.75) is 81.1 Å². The molecule has 2 heterocycles. The van der Waals surface area contributed by atoms with Crippen molar-refractivity contribution in [3.63, 3.8) is 0 Å². The van der Waals surface area contributed by atoms with Crippen molar-refractivity contribution in [3.8, 4) is 11.5 Å². The molecule has 3 saturated carbocycles. The first-order valence-electron chi connectivity index (χ1n) is 16.9. The standard InChI is InChI=1S/C38H46N4O4/c1-35(2,44)29-24-36-17-18-38(29,45-3)33-37(36)19-22-42(30(36)23-25-15-16-28(43)32(46-33)31(25)37)21-10-20-39-34(40-26-11-6-4-7-12-26)41-27-13-8-5-9-14-27/h4-9,11-16,29-30,33,43-44H,10,17-24H2,1-3H3,(H2,39,40,41)/t29-,30-,33-,36?,37+,38-/m1/s1. The number of piperidine rings is 1. The molecule has 0 radical (unpaired) electrons. The maximum atomic E-state index is 11.6. The molecule has 3 aromatic carbocycles. The Morgan fingerprint density at radius 3 is 2.35 bits per heavy atom. The number of hydrogen-bond donors (Lipinski definition) is 4. The van der Waals surface area contributed by atoms with Crippen LogP contribution in [0.1, 0.15) is 57.1 Å². The van der Waals surface area contributed by atoms with Crippen LogP contribution in [0.4, 0.5) is 11.4 Å². The predicted molar refractivity (Wildman–Crippen MR) is 181 cm³/mol. The van der Waals surface area contributed by atoms with E-state index in [2.05, 4.69) is 21.6 Å². The number of benzene rings is 3. The summed E-state index contributed by atoms with van der Waals surface area (Å²) in [6.07, 6.45) is 5.37. The highest BCUT2D eigenvalue weighted by Crippen LogP contribution is 2.77. The summed E-state index contributed by atoms with van der Waals surface area (Å²) in [5, 5.41) is 29.6. The summed E-state index contributed by atoms with van der Waals surface area (Å²) in [5.74, 6) is 1.56. The summed E-state index contributed by atoms with van der Waals surface area (Å²) < 4.78 is 13.4.